The Morgan fingerprint density at radius 2 is 2.15 bits per heavy atom. The number of rotatable bonds is 5. The smallest absolute Gasteiger partial charge is 0.136 e. The number of nitrogens with zero attached hydrogens (tertiary/aromatic N) is 2. The average Bonchev–Trinajstić information content (AvgIpc) is 2.64. The van der Waals surface area contributed by atoms with E-state index in [2.05, 4.69) is 5.10 Å². The molecule has 20 heavy (non-hydrogen) atoms. The van der Waals surface area contributed by atoms with Crippen molar-refractivity contribution in [2.45, 2.75) is 24.3 Å². The molecule has 0 aliphatic rings. The van der Waals surface area contributed by atoms with Crippen molar-refractivity contribution < 1.29 is 9.50 Å². The standard InChI is InChI=1S/C14H16ClFN2OS/c1-9-14(15)12(18(2)17-9)7-10(19)8-20-13-6-4-3-5-11(13)16/h3-6,10,19H,7-8H2,1-2H3. The maximum atomic E-state index is 13.5. The summed E-state index contributed by atoms with van der Waals surface area (Å²) in [4.78, 5) is 0.541. The molecule has 2 aromatic rings. The van der Waals surface area contributed by atoms with Crippen LogP contribution in [0, 0.1) is 12.7 Å². The number of aliphatic hydroxyl groups excluding tert-OH is 1. The monoisotopic (exact) mass is 314 g/mol. The van der Waals surface area contributed by atoms with Crippen LogP contribution in [0.15, 0.2) is 29.2 Å². The van der Waals surface area contributed by atoms with E-state index >= 15 is 0 Å². The molecule has 2 rings (SSSR count). The minimum atomic E-state index is -0.605. The van der Waals surface area contributed by atoms with Gasteiger partial charge in [-0.05, 0) is 19.1 Å². The summed E-state index contributed by atoms with van der Waals surface area (Å²) in [6.45, 7) is 1.83. The summed E-state index contributed by atoms with van der Waals surface area (Å²) in [5.41, 5.74) is 1.55. The third-order valence-electron chi connectivity index (χ3n) is 2.96. The first-order valence-electron chi connectivity index (χ1n) is 6.22. The highest BCUT2D eigenvalue weighted by molar-refractivity contribution is 7.99. The Bertz CT molecular complexity index is 603. The van der Waals surface area contributed by atoms with E-state index in [0.717, 1.165) is 11.4 Å². The second-order valence-corrected chi connectivity index (χ2v) is 6.01. The van der Waals surface area contributed by atoms with E-state index in [0.29, 0.717) is 22.1 Å². The van der Waals surface area contributed by atoms with Crippen molar-refractivity contribution in [2.75, 3.05) is 5.75 Å². The number of hydrogen-bond acceptors (Lipinski definition) is 3. The van der Waals surface area contributed by atoms with E-state index in [1.54, 1.807) is 29.9 Å². The molecule has 0 aliphatic carbocycles. The van der Waals surface area contributed by atoms with Gasteiger partial charge in [-0.3, -0.25) is 4.68 Å². The van der Waals surface area contributed by atoms with Crippen LogP contribution in [-0.2, 0) is 13.5 Å². The summed E-state index contributed by atoms with van der Waals surface area (Å²) >= 11 is 7.43. The first-order valence-corrected chi connectivity index (χ1v) is 7.58. The van der Waals surface area contributed by atoms with E-state index in [1.165, 1.54) is 17.8 Å². The fourth-order valence-corrected chi connectivity index (χ4v) is 3.04. The number of thioether (sulfide) groups is 1. The first kappa shape index (κ1) is 15.4. The minimum Gasteiger partial charge on any atom is -0.392 e. The van der Waals surface area contributed by atoms with E-state index < -0.39 is 6.10 Å². The third-order valence-corrected chi connectivity index (χ3v) is 4.64. The zero-order valence-corrected chi connectivity index (χ0v) is 12.9. The van der Waals surface area contributed by atoms with Crippen LogP contribution in [0.5, 0.6) is 0 Å². The van der Waals surface area contributed by atoms with Gasteiger partial charge < -0.3 is 5.11 Å². The Morgan fingerprint density at radius 1 is 1.45 bits per heavy atom. The number of aromatic nitrogens is 2. The van der Waals surface area contributed by atoms with Gasteiger partial charge in [-0.25, -0.2) is 4.39 Å². The third kappa shape index (κ3) is 3.53. The number of benzene rings is 1. The molecule has 0 spiro atoms. The first-order chi connectivity index (χ1) is 9.49. The largest absolute Gasteiger partial charge is 0.392 e. The Balaban J connectivity index is 1.96. The predicted octanol–water partition coefficient (Wildman–Crippen LogP) is 3.22. The molecule has 0 saturated heterocycles. The maximum absolute atomic E-state index is 13.5. The zero-order valence-electron chi connectivity index (χ0n) is 11.3. The van der Waals surface area contributed by atoms with Crippen molar-refractivity contribution >= 4 is 23.4 Å². The van der Waals surface area contributed by atoms with Gasteiger partial charge in [0.05, 0.1) is 22.5 Å². The van der Waals surface area contributed by atoms with Gasteiger partial charge in [0.25, 0.3) is 0 Å². The van der Waals surface area contributed by atoms with Crippen molar-refractivity contribution in [3.05, 3.63) is 46.5 Å². The van der Waals surface area contributed by atoms with E-state index in [1.807, 2.05) is 6.92 Å². The highest BCUT2D eigenvalue weighted by Crippen LogP contribution is 2.25. The zero-order chi connectivity index (χ0) is 14.7. The van der Waals surface area contributed by atoms with Crippen molar-refractivity contribution in [3.63, 3.8) is 0 Å². The van der Waals surface area contributed by atoms with Crippen LogP contribution in [0.3, 0.4) is 0 Å². The van der Waals surface area contributed by atoms with Crippen LogP contribution in [-0.4, -0.2) is 26.7 Å². The molecule has 0 fully saturated rings. The van der Waals surface area contributed by atoms with Gasteiger partial charge in [0.1, 0.15) is 5.82 Å². The molecule has 0 aliphatic heterocycles. The van der Waals surface area contributed by atoms with Gasteiger partial charge in [0.15, 0.2) is 0 Å². The molecular formula is C14H16ClFN2OS. The number of aliphatic hydroxyl groups is 1. The van der Waals surface area contributed by atoms with Crippen LogP contribution in [0.4, 0.5) is 4.39 Å². The minimum absolute atomic E-state index is 0.265. The highest BCUT2D eigenvalue weighted by Gasteiger charge is 2.16. The lowest BCUT2D eigenvalue weighted by atomic mass is 10.2. The molecule has 0 amide bonds. The van der Waals surface area contributed by atoms with Crippen LogP contribution in [0.25, 0.3) is 0 Å². The predicted molar refractivity (Wildman–Crippen MR) is 79.8 cm³/mol. The van der Waals surface area contributed by atoms with E-state index in [-0.39, 0.29) is 5.82 Å². The van der Waals surface area contributed by atoms with Crippen LogP contribution >= 0.6 is 23.4 Å². The van der Waals surface area contributed by atoms with Gasteiger partial charge in [-0.2, -0.15) is 5.10 Å². The van der Waals surface area contributed by atoms with Crippen LogP contribution in [0.2, 0.25) is 5.02 Å². The van der Waals surface area contributed by atoms with Crippen molar-refractivity contribution in [1.82, 2.24) is 9.78 Å². The van der Waals surface area contributed by atoms with Crippen LogP contribution < -0.4 is 0 Å². The molecule has 0 bridgehead atoms. The molecule has 0 saturated carbocycles. The van der Waals surface area contributed by atoms with E-state index in [4.69, 9.17) is 11.6 Å². The SMILES string of the molecule is Cc1nn(C)c(CC(O)CSc2ccccc2F)c1Cl. The fourth-order valence-electron chi connectivity index (χ4n) is 1.93. The maximum Gasteiger partial charge on any atom is 0.136 e. The molecule has 1 N–H and O–H groups in total. The Hall–Kier alpha value is -1.04. The molecular weight excluding hydrogens is 299 g/mol. The Morgan fingerprint density at radius 3 is 2.75 bits per heavy atom. The average molecular weight is 315 g/mol. The number of aryl methyl sites for hydroxylation is 2. The summed E-state index contributed by atoms with van der Waals surface area (Å²) < 4.78 is 15.1. The van der Waals surface area contributed by atoms with Crippen LogP contribution in [0.1, 0.15) is 11.4 Å². The molecule has 1 aromatic carbocycles. The van der Waals surface area contributed by atoms with E-state index in [9.17, 15) is 9.50 Å². The molecule has 6 heteroatoms. The van der Waals surface area contributed by atoms with Gasteiger partial charge in [-0.15, -0.1) is 11.8 Å². The number of halogens is 2. The quantitative estimate of drug-likeness (QED) is 0.861. The van der Waals surface area contributed by atoms with Crippen molar-refractivity contribution in [2.24, 2.45) is 7.05 Å². The lowest BCUT2D eigenvalue weighted by Crippen LogP contribution is -2.16. The lowest BCUT2D eigenvalue weighted by Gasteiger charge is -2.11. The summed E-state index contributed by atoms with van der Waals surface area (Å²) in [7, 11) is 1.80. The van der Waals surface area contributed by atoms with Gasteiger partial charge in [-0.1, -0.05) is 23.7 Å². The van der Waals surface area contributed by atoms with Crippen molar-refractivity contribution in [3.8, 4) is 0 Å². The van der Waals surface area contributed by atoms with Gasteiger partial charge in [0, 0.05) is 24.1 Å². The molecule has 0 radical (unpaired) electrons. The molecule has 1 aromatic heterocycles. The van der Waals surface area contributed by atoms with Crippen molar-refractivity contribution in [1.29, 1.82) is 0 Å². The molecule has 3 nitrogen and oxygen atoms in total. The molecule has 1 atom stereocenters. The number of hydrogen-bond donors (Lipinski definition) is 1. The Labute approximate surface area is 126 Å². The molecule has 108 valence electrons. The summed E-state index contributed by atoms with van der Waals surface area (Å²) in [5, 5.41) is 14.9. The second-order valence-electron chi connectivity index (χ2n) is 4.57. The molecule has 1 unspecified atom stereocenters. The summed E-state index contributed by atoms with van der Waals surface area (Å²) in [5.74, 6) is 0.140. The second kappa shape index (κ2) is 6.61. The fraction of sp³-hybridized carbons (Fsp3) is 0.357. The lowest BCUT2D eigenvalue weighted by molar-refractivity contribution is 0.197. The molecule has 1 heterocycles. The summed E-state index contributed by atoms with van der Waals surface area (Å²) in [6.07, 6.45) is -0.204. The van der Waals surface area contributed by atoms with Gasteiger partial charge >= 0.3 is 0 Å². The summed E-state index contributed by atoms with van der Waals surface area (Å²) in [6, 6.07) is 6.54. The topological polar surface area (TPSA) is 38.0 Å². The Kier molecular flexibility index (Phi) is 5.07. The highest BCUT2D eigenvalue weighted by atomic mass is 35.5. The van der Waals surface area contributed by atoms with Gasteiger partial charge in [0.2, 0.25) is 0 Å². The normalized spacial score (nSPS) is 12.7.